The average Bonchev–Trinajstić information content (AvgIpc) is 2.97. The molecule has 5 nitrogen and oxygen atoms in total. The molecule has 1 saturated heterocycles. The summed E-state index contributed by atoms with van der Waals surface area (Å²) in [6.07, 6.45) is 4.75. The minimum Gasteiger partial charge on any atom is -0.369 e. The van der Waals surface area contributed by atoms with Crippen molar-refractivity contribution in [3.63, 3.8) is 0 Å². The van der Waals surface area contributed by atoms with Gasteiger partial charge < -0.3 is 5.32 Å². The molecule has 1 aromatic rings. The van der Waals surface area contributed by atoms with E-state index in [2.05, 4.69) is 31.0 Å². The van der Waals surface area contributed by atoms with Gasteiger partial charge in [-0.05, 0) is 47.0 Å². The van der Waals surface area contributed by atoms with Gasteiger partial charge in [-0.2, -0.15) is 11.8 Å². The smallest absolute Gasteiger partial charge is 0.244 e. The van der Waals surface area contributed by atoms with Crippen molar-refractivity contribution in [1.29, 1.82) is 0 Å². The van der Waals surface area contributed by atoms with Crippen LogP contribution in [0.1, 0.15) is 26.2 Å². The van der Waals surface area contributed by atoms with E-state index >= 15 is 0 Å². The third-order valence-corrected chi connectivity index (χ3v) is 6.45. The molecule has 1 aromatic heterocycles. The van der Waals surface area contributed by atoms with E-state index in [1.165, 1.54) is 6.42 Å². The molecule has 1 atom stereocenters. The molecule has 0 saturated carbocycles. The second kappa shape index (κ2) is 7.80. The second-order valence-electron chi connectivity index (χ2n) is 4.91. The van der Waals surface area contributed by atoms with Crippen LogP contribution in [0.15, 0.2) is 21.6 Å². The van der Waals surface area contributed by atoms with Crippen LogP contribution < -0.4 is 10.0 Å². The highest BCUT2D eigenvalue weighted by Gasteiger charge is 2.23. The lowest BCUT2D eigenvalue weighted by Crippen LogP contribution is -2.30. The summed E-state index contributed by atoms with van der Waals surface area (Å²) in [5.74, 6) is 1.53. The van der Waals surface area contributed by atoms with Crippen LogP contribution in [0.4, 0.5) is 5.82 Å². The molecule has 0 radical (unpaired) electrons. The quantitative estimate of drug-likeness (QED) is 0.744. The monoisotopic (exact) mass is 393 g/mol. The first-order valence-corrected chi connectivity index (χ1v) is 10.4. The summed E-state index contributed by atoms with van der Waals surface area (Å²) in [4.78, 5) is 4.38. The van der Waals surface area contributed by atoms with Gasteiger partial charge in [0.25, 0.3) is 0 Å². The van der Waals surface area contributed by atoms with Gasteiger partial charge in [0.2, 0.25) is 10.0 Å². The lowest BCUT2D eigenvalue weighted by molar-refractivity contribution is 0.579. The topological polar surface area (TPSA) is 71.1 Å². The molecule has 2 N–H and O–H groups in total. The number of nitrogens with zero attached hydrogens (tertiary/aromatic N) is 1. The number of halogens is 1. The zero-order valence-corrected chi connectivity index (χ0v) is 15.2. The molecule has 1 fully saturated rings. The van der Waals surface area contributed by atoms with Gasteiger partial charge in [0.05, 0.1) is 0 Å². The lowest BCUT2D eigenvalue weighted by Gasteiger charge is -2.14. The maximum Gasteiger partial charge on any atom is 0.244 e. The van der Waals surface area contributed by atoms with Crippen LogP contribution in [0.3, 0.4) is 0 Å². The molecular weight excluding hydrogens is 374 g/mol. The molecule has 1 unspecified atom stereocenters. The molecule has 0 aromatic carbocycles. The predicted octanol–water partition coefficient (Wildman–Crippen LogP) is 2.84. The summed E-state index contributed by atoms with van der Waals surface area (Å²) in [5, 5.41) is 3.45. The van der Waals surface area contributed by atoms with Gasteiger partial charge in [0.15, 0.2) is 0 Å². The Balaban J connectivity index is 2.14. The van der Waals surface area contributed by atoms with Gasteiger partial charge in [0, 0.05) is 29.0 Å². The van der Waals surface area contributed by atoms with Crippen LogP contribution in [0.2, 0.25) is 0 Å². The number of aromatic nitrogens is 1. The van der Waals surface area contributed by atoms with E-state index in [4.69, 9.17) is 0 Å². The normalized spacial score (nSPS) is 18.9. The van der Waals surface area contributed by atoms with E-state index in [1.807, 2.05) is 18.7 Å². The first-order valence-electron chi connectivity index (χ1n) is 7.03. The zero-order chi connectivity index (χ0) is 15.3. The van der Waals surface area contributed by atoms with E-state index in [1.54, 1.807) is 12.3 Å². The van der Waals surface area contributed by atoms with Crippen LogP contribution in [0, 0.1) is 0 Å². The summed E-state index contributed by atoms with van der Waals surface area (Å²) in [5.41, 5.74) is 0. The van der Waals surface area contributed by atoms with E-state index in [0.717, 1.165) is 18.6 Å². The fraction of sp³-hybridized carbons (Fsp3) is 0.615. The Kier molecular flexibility index (Phi) is 6.34. The van der Waals surface area contributed by atoms with E-state index in [-0.39, 0.29) is 4.90 Å². The highest BCUT2D eigenvalue weighted by Crippen LogP contribution is 2.27. The van der Waals surface area contributed by atoms with Crippen molar-refractivity contribution < 1.29 is 8.42 Å². The second-order valence-corrected chi connectivity index (χ2v) is 8.97. The van der Waals surface area contributed by atoms with Gasteiger partial charge in [-0.1, -0.05) is 6.92 Å². The summed E-state index contributed by atoms with van der Waals surface area (Å²) < 4.78 is 28.4. The molecule has 1 aliphatic heterocycles. The summed E-state index contributed by atoms with van der Waals surface area (Å²) in [6.45, 7) is 3.19. The fourth-order valence-electron chi connectivity index (χ4n) is 2.09. The maximum atomic E-state index is 12.5. The van der Waals surface area contributed by atoms with Gasteiger partial charge in [-0.25, -0.2) is 18.1 Å². The molecule has 0 spiro atoms. The van der Waals surface area contributed by atoms with E-state index in [9.17, 15) is 8.42 Å². The highest BCUT2D eigenvalue weighted by molar-refractivity contribution is 9.10. The zero-order valence-electron chi connectivity index (χ0n) is 11.9. The number of thioether (sulfide) groups is 1. The first-order chi connectivity index (χ1) is 10.0. The van der Waals surface area contributed by atoms with Gasteiger partial charge in [-0.3, -0.25) is 0 Å². The number of hydrogen-bond acceptors (Lipinski definition) is 5. The Morgan fingerprint density at radius 1 is 1.52 bits per heavy atom. The maximum absolute atomic E-state index is 12.5. The van der Waals surface area contributed by atoms with Crippen molar-refractivity contribution in [1.82, 2.24) is 9.71 Å². The van der Waals surface area contributed by atoms with Crippen molar-refractivity contribution in [2.24, 2.45) is 0 Å². The molecular formula is C13H20BrN3O2S2. The lowest BCUT2D eigenvalue weighted by atomic mass is 10.2. The minimum atomic E-state index is -3.55. The average molecular weight is 394 g/mol. The Morgan fingerprint density at radius 3 is 3.00 bits per heavy atom. The predicted molar refractivity (Wildman–Crippen MR) is 91.4 cm³/mol. The van der Waals surface area contributed by atoms with Crippen molar-refractivity contribution >= 4 is 43.5 Å². The molecule has 2 heterocycles. The number of sulfonamides is 1. The molecule has 1 aliphatic rings. The van der Waals surface area contributed by atoms with Gasteiger partial charge in [0.1, 0.15) is 10.7 Å². The number of anilines is 1. The van der Waals surface area contributed by atoms with Crippen LogP contribution in [-0.2, 0) is 10.0 Å². The third kappa shape index (κ3) is 4.84. The van der Waals surface area contributed by atoms with Gasteiger partial charge >= 0.3 is 0 Å². The largest absolute Gasteiger partial charge is 0.369 e. The summed E-state index contributed by atoms with van der Waals surface area (Å²) >= 11 is 5.12. The molecule has 0 aliphatic carbocycles. The Morgan fingerprint density at radius 2 is 2.33 bits per heavy atom. The van der Waals surface area contributed by atoms with Crippen LogP contribution in [0.5, 0.6) is 0 Å². The minimum absolute atomic E-state index is 0.202. The molecule has 118 valence electrons. The Bertz CT molecular complexity index is 575. The van der Waals surface area contributed by atoms with E-state index < -0.39 is 10.0 Å². The molecule has 0 amide bonds. The van der Waals surface area contributed by atoms with Crippen LogP contribution >= 0.6 is 27.7 Å². The third-order valence-electron chi connectivity index (χ3n) is 3.18. The van der Waals surface area contributed by atoms with Crippen molar-refractivity contribution in [2.45, 2.75) is 36.3 Å². The number of pyridine rings is 1. The Hall–Kier alpha value is -0.310. The summed E-state index contributed by atoms with van der Waals surface area (Å²) in [6, 6.07) is 1.59. The molecule has 2 rings (SSSR count). The molecule has 0 bridgehead atoms. The first kappa shape index (κ1) is 17.1. The number of hydrogen-bond donors (Lipinski definition) is 2. The van der Waals surface area contributed by atoms with E-state index in [0.29, 0.717) is 28.6 Å². The molecule has 8 heteroatoms. The van der Waals surface area contributed by atoms with Gasteiger partial charge in [-0.15, -0.1) is 0 Å². The van der Waals surface area contributed by atoms with Crippen LogP contribution in [-0.4, -0.2) is 37.5 Å². The SMILES string of the molecule is CCCNc1ncc(Br)cc1S(=O)(=O)NCC1CCCS1. The standard InChI is InChI=1S/C13H20BrN3O2S2/c1-2-5-15-13-12(7-10(14)8-16-13)21(18,19)17-9-11-4-3-6-20-11/h7-8,11,17H,2-6,9H2,1H3,(H,15,16). The van der Waals surface area contributed by atoms with Crippen molar-refractivity contribution in [3.8, 4) is 0 Å². The number of nitrogens with one attached hydrogen (secondary N) is 2. The van der Waals surface area contributed by atoms with Crippen molar-refractivity contribution in [3.05, 3.63) is 16.7 Å². The highest BCUT2D eigenvalue weighted by atomic mass is 79.9. The van der Waals surface area contributed by atoms with Crippen LogP contribution in [0.25, 0.3) is 0 Å². The van der Waals surface area contributed by atoms with Crippen molar-refractivity contribution in [2.75, 3.05) is 24.2 Å². The Labute approximate surface area is 138 Å². The fourth-order valence-corrected chi connectivity index (χ4v) is 5.11. The molecule has 21 heavy (non-hydrogen) atoms. The summed E-state index contributed by atoms with van der Waals surface area (Å²) in [7, 11) is -3.55. The number of rotatable bonds is 7.